The number of carbonyl (C=O) groups excluding carboxylic acids is 1. The third-order valence-corrected chi connectivity index (χ3v) is 2.79. The highest BCUT2D eigenvalue weighted by atomic mass is 19.1. The summed E-state index contributed by atoms with van der Waals surface area (Å²) in [7, 11) is 0. The Morgan fingerprint density at radius 2 is 2.31 bits per heavy atom. The monoisotopic (exact) mass is 222 g/mol. The number of halogens is 1. The van der Waals surface area contributed by atoms with Gasteiger partial charge in [-0.2, -0.15) is 0 Å². The molecule has 0 bridgehead atoms. The minimum atomic E-state index is -0.276. The van der Waals surface area contributed by atoms with Gasteiger partial charge in [0.15, 0.2) is 0 Å². The van der Waals surface area contributed by atoms with Crippen LogP contribution >= 0.6 is 0 Å². The summed E-state index contributed by atoms with van der Waals surface area (Å²) in [5, 5.41) is 5.84. The third-order valence-electron chi connectivity index (χ3n) is 2.79. The molecule has 1 saturated heterocycles. The van der Waals surface area contributed by atoms with Crippen molar-refractivity contribution in [1.82, 2.24) is 10.6 Å². The summed E-state index contributed by atoms with van der Waals surface area (Å²) < 4.78 is 13.3. The minimum absolute atomic E-state index is 0.0410. The van der Waals surface area contributed by atoms with Gasteiger partial charge in [0.05, 0.1) is 6.04 Å². The Kier molecular flexibility index (Phi) is 3.51. The lowest BCUT2D eigenvalue weighted by Gasteiger charge is -2.11. The lowest BCUT2D eigenvalue weighted by molar-refractivity contribution is -0.122. The molecule has 1 aromatic carbocycles. The van der Waals surface area contributed by atoms with Crippen molar-refractivity contribution >= 4 is 5.91 Å². The van der Waals surface area contributed by atoms with Crippen LogP contribution in [0.1, 0.15) is 18.4 Å². The fourth-order valence-electron chi connectivity index (χ4n) is 1.86. The molecule has 3 nitrogen and oxygen atoms in total. The van der Waals surface area contributed by atoms with Gasteiger partial charge < -0.3 is 10.6 Å². The minimum Gasteiger partial charge on any atom is -0.351 e. The Bertz CT molecular complexity index is 375. The third kappa shape index (κ3) is 2.58. The van der Waals surface area contributed by atoms with Crippen molar-refractivity contribution in [2.45, 2.75) is 25.4 Å². The van der Waals surface area contributed by atoms with E-state index in [4.69, 9.17) is 0 Å². The first-order chi connectivity index (χ1) is 7.77. The number of amides is 1. The number of benzene rings is 1. The molecular weight excluding hydrogens is 207 g/mol. The Hall–Kier alpha value is -1.42. The molecule has 2 N–H and O–H groups in total. The summed E-state index contributed by atoms with van der Waals surface area (Å²) >= 11 is 0. The lowest BCUT2D eigenvalue weighted by Crippen LogP contribution is -2.40. The zero-order valence-corrected chi connectivity index (χ0v) is 9.00. The van der Waals surface area contributed by atoms with E-state index in [1.807, 2.05) is 0 Å². The van der Waals surface area contributed by atoms with Crippen molar-refractivity contribution in [3.8, 4) is 0 Å². The van der Waals surface area contributed by atoms with Gasteiger partial charge in [0.2, 0.25) is 5.91 Å². The zero-order valence-electron chi connectivity index (χ0n) is 9.00. The van der Waals surface area contributed by atoms with Crippen LogP contribution in [-0.4, -0.2) is 18.5 Å². The van der Waals surface area contributed by atoms with Crippen molar-refractivity contribution in [2.75, 3.05) is 6.54 Å². The van der Waals surface area contributed by atoms with Crippen LogP contribution in [0.25, 0.3) is 0 Å². The highest BCUT2D eigenvalue weighted by Crippen LogP contribution is 2.07. The Morgan fingerprint density at radius 1 is 1.50 bits per heavy atom. The molecule has 0 saturated carbocycles. The Labute approximate surface area is 94.0 Å². The molecule has 1 aliphatic rings. The average molecular weight is 222 g/mol. The molecule has 86 valence electrons. The van der Waals surface area contributed by atoms with Gasteiger partial charge >= 0.3 is 0 Å². The van der Waals surface area contributed by atoms with Gasteiger partial charge in [0.1, 0.15) is 5.82 Å². The van der Waals surface area contributed by atoms with Crippen molar-refractivity contribution in [3.63, 3.8) is 0 Å². The summed E-state index contributed by atoms with van der Waals surface area (Å²) in [4.78, 5) is 11.6. The molecule has 1 heterocycles. The van der Waals surface area contributed by atoms with E-state index in [-0.39, 0.29) is 24.3 Å². The Morgan fingerprint density at radius 3 is 3.00 bits per heavy atom. The van der Waals surface area contributed by atoms with Gasteiger partial charge in [-0.25, -0.2) is 4.39 Å². The molecule has 1 atom stereocenters. The van der Waals surface area contributed by atoms with E-state index in [2.05, 4.69) is 10.6 Å². The van der Waals surface area contributed by atoms with Gasteiger partial charge in [-0.1, -0.05) is 18.2 Å². The molecule has 0 aromatic heterocycles. The van der Waals surface area contributed by atoms with Crippen LogP contribution in [0, 0.1) is 5.82 Å². The van der Waals surface area contributed by atoms with Crippen molar-refractivity contribution in [3.05, 3.63) is 35.6 Å². The van der Waals surface area contributed by atoms with E-state index in [0.29, 0.717) is 5.56 Å². The predicted molar refractivity (Wildman–Crippen MR) is 59.3 cm³/mol. The maximum Gasteiger partial charge on any atom is 0.237 e. The van der Waals surface area contributed by atoms with Gasteiger partial charge in [0, 0.05) is 12.1 Å². The van der Waals surface area contributed by atoms with Gasteiger partial charge in [0.25, 0.3) is 0 Å². The highest BCUT2D eigenvalue weighted by molar-refractivity contribution is 5.81. The summed E-state index contributed by atoms with van der Waals surface area (Å²) in [5.74, 6) is -0.317. The van der Waals surface area contributed by atoms with E-state index >= 15 is 0 Å². The number of hydrogen-bond acceptors (Lipinski definition) is 2. The standard InChI is InChI=1S/C12H15FN2O/c13-10-5-2-1-4-9(10)8-15-12(16)11-6-3-7-14-11/h1-2,4-5,11,14H,3,6-8H2,(H,15,16)/t11-/m0/s1. The first kappa shape index (κ1) is 11.1. The van der Waals surface area contributed by atoms with Crippen molar-refractivity contribution < 1.29 is 9.18 Å². The molecule has 1 aromatic rings. The van der Waals surface area contributed by atoms with E-state index in [1.54, 1.807) is 18.2 Å². The van der Waals surface area contributed by atoms with Gasteiger partial charge in [-0.15, -0.1) is 0 Å². The lowest BCUT2D eigenvalue weighted by atomic mass is 10.2. The van der Waals surface area contributed by atoms with E-state index in [0.717, 1.165) is 19.4 Å². The molecule has 1 amide bonds. The topological polar surface area (TPSA) is 41.1 Å². The zero-order chi connectivity index (χ0) is 11.4. The molecule has 0 unspecified atom stereocenters. The highest BCUT2D eigenvalue weighted by Gasteiger charge is 2.21. The van der Waals surface area contributed by atoms with E-state index in [1.165, 1.54) is 6.07 Å². The Balaban J connectivity index is 1.87. The fourth-order valence-corrected chi connectivity index (χ4v) is 1.86. The fraction of sp³-hybridized carbons (Fsp3) is 0.417. The quantitative estimate of drug-likeness (QED) is 0.806. The van der Waals surface area contributed by atoms with Crippen LogP contribution in [0.4, 0.5) is 4.39 Å². The first-order valence-electron chi connectivity index (χ1n) is 5.52. The summed E-state index contributed by atoms with van der Waals surface area (Å²) in [6.07, 6.45) is 1.89. The van der Waals surface area contributed by atoms with Crippen molar-refractivity contribution in [1.29, 1.82) is 0 Å². The summed E-state index contributed by atoms with van der Waals surface area (Å²) in [6.45, 7) is 1.14. The predicted octanol–water partition coefficient (Wildman–Crippen LogP) is 1.19. The number of hydrogen-bond donors (Lipinski definition) is 2. The maximum absolute atomic E-state index is 13.3. The normalized spacial score (nSPS) is 19.7. The van der Waals surface area contributed by atoms with E-state index in [9.17, 15) is 9.18 Å². The van der Waals surface area contributed by atoms with Gasteiger partial charge in [-0.3, -0.25) is 4.79 Å². The largest absolute Gasteiger partial charge is 0.351 e. The number of rotatable bonds is 3. The second-order valence-electron chi connectivity index (χ2n) is 3.96. The van der Waals surface area contributed by atoms with Crippen LogP contribution < -0.4 is 10.6 Å². The maximum atomic E-state index is 13.3. The average Bonchev–Trinajstić information content (AvgIpc) is 2.81. The molecule has 0 spiro atoms. The summed E-state index contributed by atoms with van der Waals surface area (Å²) in [5.41, 5.74) is 0.522. The van der Waals surface area contributed by atoms with Crippen LogP contribution in [-0.2, 0) is 11.3 Å². The molecular formula is C12H15FN2O. The number of nitrogens with one attached hydrogen (secondary N) is 2. The van der Waals surface area contributed by atoms with Crippen molar-refractivity contribution in [2.24, 2.45) is 0 Å². The number of carbonyl (C=O) groups is 1. The molecule has 1 aliphatic heterocycles. The summed E-state index contributed by atoms with van der Waals surface area (Å²) in [6, 6.07) is 6.37. The van der Waals surface area contributed by atoms with E-state index < -0.39 is 0 Å². The van der Waals surface area contributed by atoms with Crippen LogP contribution in [0.3, 0.4) is 0 Å². The van der Waals surface area contributed by atoms with Crippen LogP contribution in [0.2, 0.25) is 0 Å². The molecule has 0 radical (unpaired) electrons. The molecule has 0 aliphatic carbocycles. The molecule has 16 heavy (non-hydrogen) atoms. The SMILES string of the molecule is O=C(NCc1ccccc1F)[C@@H]1CCCN1. The first-order valence-corrected chi connectivity index (χ1v) is 5.52. The molecule has 4 heteroatoms. The second kappa shape index (κ2) is 5.07. The second-order valence-corrected chi connectivity index (χ2v) is 3.96. The van der Waals surface area contributed by atoms with Gasteiger partial charge in [-0.05, 0) is 25.5 Å². The van der Waals surface area contributed by atoms with Crippen LogP contribution in [0.15, 0.2) is 24.3 Å². The smallest absolute Gasteiger partial charge is 0.237 e. The van der Waals surface area contributed by atoms with Crippen LogP contribution in [0.5, 0.6) is 0 Å². The molecule has 1 fully saturated rings. The molecule has 2 rings (SSSR count).